The summed E-state index contributed by atoms with van der Waals surface area (Å²) in [6, 6.07) is 9.57. The molecular weight excluding hydrogens is 374 g/mol. The van der Waals surface area contributed by atoms with Crippen LogP contribution in [0.25, 0.3) is 0 Å². The Morgan fingerprint density at radius 3 is 2.68 bits per heavy atom. The molecule has 0 heterocycles. The normalized spacial score (nSPS) is 37.1. The van der Waals surface area contributed by atoms with E-state index in [0.717, 1.165) is 11.7 Å². The van der Waals surface area contributed by atoms with Crippen molar-refractivity contribution < 1.29 is 9.09 Å². The maximum Gasteiger partial charge on any atom is 0.242 e. The zero-order chi connectivity index (χ0) is 17.7. The van der Waals surface area contributed by atoms with Gasteiger partial charge in [-0.15, -0.1) is 0 Å². The summed E-state index contributed by atoms with van der Waals surface area (Å²) in [5.74, 6) is 1.84. The van der Waals surface area contributed by atoms with Gasteiger partial charge in [0.1, 0.15) is 4.49 Å². The van der Waals surface area contributed by atoms with Gasteiger partial charge >= 0.3 is 0 Å². The van der Waals surface area contributed by atoms with E-state index >= 15 is 0 Å². The van der Waals surface area contributed by atoms with Gasteiger partial charge in [0.15, 0.2) is 0 Å². The molecule has 0 amide bonds. The van der Waals surface area contributed by atoms with Gasteiger partial charge in [-0.05, 0) is 55.2 Å². The number of hydrogen-bond acceptors (Lipinski definition) is 2. The lowest BCUT2D eigenvalue weighted by Crippen LogP contribution is -2.39. The van der Waals surface area contributed by atoms with Gasteiger partial charge in [0, 0.05) is 5.30 Å². The van der Waals surface area contributed by atoms with Crippen molar-refractivity contribution in [2.75, 3.05) is 6.61 Å². The summed E-state index contributed by atoms with van der Waals surface area (Å²) < 4.78 is 20.5. The fourth-order valence-electron chi connectivity index (χ4n) is 4.98. The number of allylic oxidation sites excluding steroid dienone is 4. The summed E-state index contributed by atoms with van der Waals surface area (Å²) in [6.45, 7) is 2.24. The van der Waals surface area contributed by atoms with Crippen LogP contribution >= 0.6 is 30.6 Å². The predicted octanol–water partition coefficient (Wildman–Crippen LogP) is 5.69. The smallest absolute Gasteiger partial charge is 0.242 e. The standard InChI is InChI=1S/C20H21Cl2O2P/c1-20(11-9-17-14-7-8-15(13-14)19(17)20)25(23,24-12-10-18(21)22)16-5-3-2-4-6-16/h2-11,14-15,17,19H,12-13H2,1H3. The topological polar surface area (TPSA) is 26.3 Å². The molecule has 0 aromatic heterocycles. The largest absolute Gasteiger partial charge is 0.320 e. The van der Waals surface area contributed by atoms with Crippen molar-refractivity contribution in [2.45, 2.75) is 18.5 Å². The summed E-state index contributed by atoms with van der Waals surface area (Å²) >= 11 is 11.4. The Balaban J connectivity index is 1.76. The molecule has 2 nitrogen and oxygen atoms in total. The Hall–Kier alpha value is -0.790. The fraction of sp³-hybridized carbons (Fsp3) is 0.400. The lowest BCUT2D eigenvalue weighted by molar-refractivity contribution is 0.288. The van der Waals surface area contributed by atoms with E-state index < -0.39 is 12.5 Å². The van der Waals surface area contributed by atoms with Crippen LogP contribution in [-0.4, -0.2) is 11.8 Å². The molecule has 6 atom stereocenters. The number of benzene rings is 1. The lowest BCUT2D eigenvalue weighted by Gasteiger charge is -2.41. The van der Waals surface area contributed by atoms with E-state index in [9.17, 15) is 4.57 Å². The monoisotopic (exact) mass is 394 g/mol. The van der Waals surface area contributed by atoms with Crippen LogP contribution in [0.1, 0.15) is 13.3 Å². The van der Waals surface area contributed by atoms with Crippen molar-refractivity contribution >= 4 is 35.9 Å². The van der Waals surface area contributed by atoms with Crippen molar-refractivity contribution in [1.82, 2.24) is 0 Å². The van der Waals surface area contributed by atoms with Crippen molar-refractivity contribution in [1.29, 1.82) is 0 Å². The quantitative estimate of drug-likeness (QED) is 0.473. The van der Waals surface area contributed by atoms with Gasteiger partial charge in [0.2, 0.25) is 7.37 Å². The zero-order valence-corrected chi connectivity index (χ0v) is 16.4. The SMILES string of the molecule is CC1(P(=O)(OCC=C(Cl)Cl)c2ccccc2)C=CC2C3C=CC(C3)C21. The summed E-state index contributed by atoms with van der Waals surface area (Å²) in [6.07, 6.45) is 11.8. The van der Waals surface area contributed by atoms with Crippen LogP contribution in [0.3, 0.4) is 0 Å². The van der Waals surface area contributed by atoms with Crippen LogP contribution < -0.4 is 5.30 Å². The van der Waals surface area contributed by atoms with E-state index in [1.165, 1.54) is 0 Å². The molecule has 0 radical (unpaired) electrons. The molecule has 2 bridgehead atoms. The third kappa shape index (κ3) is 2.70. The summed E-state index contributed by atoms with van der Waals surface area (Å²) in [4.78, 5) is 0. The third-order valence-electron chi connectivity index (χ3n) is 6.08. The van der Waals surface area contributed by atoms with E-state index in [1.807, 2.05) is 30.3 Å². The molecule has 0 spiro atoms. The van der Waals surface area contributed by atoms with E-state index in [-0.39, 0.29) is 11.1 Å². The molecule has 0 saturated heterocycles. The molecule has 25 heavy (non-hydrogen) atoms. The Bertz CT molecular complexity index is 797. The summed E-state index contributed by atoms with van der Waals surface area (Å²) in [5.41, 5.74) is 0. The number of halogens is 2. The Morgan fingerprint density at radius 1 is 1.24 bits per heavy atom. The molecule has 0 aliphatic heterocycles. The maximum atomic E-state index is 14.3. The first-order valence-corrected chi connectivity index (χ1v) is 11.0. The molecule has 5 heteroatoms. The van der Waals surface area contributed by atoms with Gasteiger partial charge in [0.25, 0.3) is 0 Å². The average molecular weight is 395 g/mol. The molecule has 1 saturated carbocycles. The minimum atomic E-state index is -3.17. The van der Waals surface area contributed by atoms with Crippen molar-refractivity contribution in [3.05, 3.63) is 65.2 Å². The highest BCUT2D eigenvalue weighted by molar-refractivity contribution is 7.68. The Morgan fingerprint density at radius 2 is 1.96 bits per heavy atom. The minimum absolute atomic E-state index is 0.132. The van der Waals surface area contributed by atoms with Gasteiger partial charge in [-0.3, -0.25) is 4.57 Å². The number of fused-ring (bicyclic) bond motifs is 5. The fourth-order valence-corrected chi connectivity index (χ4v) is 7.98. The van der Waals surface area contributed by atoms with Crippen LogP contribution in [0.5, 0.6) is 0 Å². The van der Waals surface area contributed by atoms with Crippen molar-refractivity contribution in [3.63, 3.8) is 0 Å². The predicted molar refractivity (Wildman–Crippen MR) is 105 cm³/mol. The van der Waals surface area contributed by atoms with Gasteiger partial charge in [-0.1, -0.05) is 65.7 Å². The number of hydrogen-bond donors (Lipinski definition) is 0. The Labute approximate surface area is 159 Å². The first kappa shape index (κ1) is 17.6. The molecule has 1 aromatic carbocycles. The van der Waals surface area contributed by atoms with E-state index in [2.05, 4.69) is 31.2 Å². The van der Waals surface area contributed by atoms with Crippen LogP contribution in [0.2, 0.25) is 0 Å². The van der Waals surface area contributed by atoms with Crippen LogP contribution in [0.4, 0.5) is 0 Å². The molecule has 4 rings (SSSR count). The highest BCUT2D eigenvalue weighted by Gasteiger charge is 2.61. The van der Waals surface area contributed by atoms with Crippen LogP contribution in [0.15, 0.2) is 65.2 Å². The molecule has 1 fully saturated rings. The number of rotatable bonds is 5. The highest BCUT2D eigenvalue weighted by Crippen LogP contribution is 2.70. The minimum Gasteiger partial charge on any atom is -0.320 e. The second-order valence-corrected chi connectivity index (χ2v) is 11.2. The van der Waals surface area contributed by atoms with Gasteiger partial charge in [-0.2, -0.15) is 0 Å². The third-order valence-corrected chi connectivity index (χ3v) is 9.59. The zero-order valence-electron chi connectivity index (χ0n) is 14.0. The Kier molecular flexibility index (Phi) is 4.53. The molecule has 3 aliphatic carbocycles. The molecule has 0 N–H and O–H groups in total. The first-order valence-electron chi connectivity index (χ1n) is 8.65. The van der Waals surface area contributed by atoms with E-state index in [4.69, 9.17) is 27.7 Å². The molecule has 1 aromatic rings. The van der Waals surface area contributed by atoms with E-state index in [1.54, 1.807) is 6.08 Å². The van der Waals surface area contributed by atoms with Gasteiger partial charge in [0.05, 0.1) is 11.8 Å². The molecule has 3 aliphatic rings. The molecular formula is C20H21Cl2O2P. The van der Waals surface area contributed by atoms with E-state index in [0.29, 0.717) is 23.7 Å². The molecule has 132 valence electrons. The van der Waals surface area contributed by atoms with Crippen molar-refractivity contribution in [3.8, 4) is 0 Å². The molecule has 6 unspecified atom stereocenters. The first-order chi connectivity index (χ1) is 12.0. The maximum absolute atomic E-state index is 14.3. The van der Waals surface area contributed by atoms with Crippen LogP contribution in [0, 0.1) is 23.7 Å². The summed E-state index contributed by atoms with van der Waals surface area (Å²) in [5, 5.41) is 0.240. The van der Waals surface area contributed by atoms with Gasteiger partial charge < -0.3 is 4.52 Å². The average Bonchev–Trinajstić information content (AvgIpc) is 3.29. The van der Waals surface area contributed by atoms with Crippen LogP contribution in [-0.2, 0) is 9.09 Å². The lowest BCUT2D eigenvalue weighted by atomic mass is 9.80. The second kappa shape index (κ2) is 6.43. The highest BCUT2D eigenvalue weighted by atomic mass is 35.5. The van der Waals surface area contributed by atoms with Gasteiger partial charge in [-0.25, -0.2) is 0 Å². The second-order valence-electron chi connectivity index (χ2n) is 7.31. The van der Waals surface area contributed by atoms with Crippen molar-refractivity contribution in [2.24, 2.45) is 23.7 Å². The summed E-state index contributed by atoms with van der Waals surface area (Å²) in [7, 11) is -3.17.